The summed E-state index contributed by atoms with van der Waals surface area (Å²) in [6.45, 7) is 3.95. The first-order chi connectivity index (χ1) is 20.2. The van der Waals surface area contributed by atoms with Crippen molar-refractivity contribution in [2.45, 2.75) is 45.6 Å². The second kappa shape index (κ2) is 16.0. The normalized spacial score (nSPS) is 12.5. The van der Waals surface area contributed by atoms with Crippen LogP contribution in [0.25, 0.3) is 6.08 Å². The number of methoxy groups -OCH3 is 2. The van der Waals surface area contributed by atoms with Crippen LogP contribution in [0.4, 0.5) is 5.69 Å². The molecule has 0 aliphatic heterocycles. The number of aliphatic carboxylic acids is 1. The SMILES string of the molecule is COc1ccc(C(CC(=O)O)NC(=O)C(CC(=O)Nc2ccc(/C=C/Cc3ccccc3)cc2)CC(C)C)cc1OC. The monoisotopic (exact) mass is 572 g/mol. The number of rotatable bonds is 15. The van der Waals surface area contributed by atoms with Gasteiger partial charge in [0, 0.05) is 18.0 Å². The standard InChI is InChI=1S/C34H40N2O6/c1-23(2)19-27(34(40)36-29(22-33(38)39)26-15-18-30(41-3)31(20-26)42-4)21-32(37)35-28-16-13-25(14-17-28)12-8-11-24-9-6-5-7-10-24/h5-10,12-18,20,23,27,29H,11,19,21-22H2,1-4H3,(H,35,37)(H,36,40)(H,38,39)/b12-8+. The Morgan fingerprint density at radius 1 is 0.881 bits per heavy atom. The van der Waals surface area contributed by atoms with Crippen LogP contribution < -0.4 is 20.1 Å². The Morgan fingerprint density at radius 2 is 1.57 bits per heavy atom. The number of carbonyl (C=O) groups excluding carboxylic acids is 2. The molecular weight excluding hydrogens is 532 g/mol. The third-order valence-corrected chi connectivity index (χ3v) is 6.76. The van der Waals surface area contributed by atoms with Crippen LogP contribution in [0.2, 0.25) is 0 Å². The van der Waals surface area contributed by atoms with Crippen LogP contribution in [0.3, 0.4) is 0 Å². The Morgan fingerprint density at radius 3 is 2.19 bits per heavy atom. The predicted octanol–water partition coefficient (Wildman–Crippen LogP) is 6.28. The summed E-state index contributed by atoms with van der Waals surface area (Å²) >= 11 is 0. The van der Waals surface area contributed by atoms with Crippen molar-refractivity contribution in [3.63, 3.8) is 0 Å². The van der Waals surface area contributed by atoms with Crippen LogP contribution in [-0.2, 0) is 20.8 Å². The summed E-state index contributed by atoms with van der Waals surface area (Å²) in [5.41, 5.74) is 3.45. The van der Waals surface area contributed by atoms with Gasteiger partial charge in [-0.2, -0.15) is 0 Å². The van der Waals surface area contributed by atoms with Gasteiger partial charge in [0.15, 0.2) is 11.5 Å². The number of hydrogen-bond donors (Lipinski definition) is 3. The van der Waals surface area contributed by atoms with E-state index >= 15 is 0 Å². The summed E-state index contributed by atoms with van der Waals surface area (Å²) in [6, 6.07) is 21.9. The van der Waals surface area contributed by atoms with Crippen molar-refractivity contribution in [1.29, 1.82) is 0 Å². The van der Waals surface area contributed by atoms with Crippen LogP contribution in [0.5, 0.6) is 11.5 Å². The van der Waals surface area contributed by atoms with Crippen LogP contribution >= 0.6 is 0 Å². The van der Waals surface area contributed by atoms with Crippen LogP contribution in [0.15, 0.2) is 78.9 Å². The zero-order valence-corrected chi connectivity index (χ0v) is 24.6. The Kier molecular flexibility index (Phi) is 12.2. The highest BCUT2D eigenvalue weighted by molar-refractivity contribution is 5.94. The topological polar surface area (TPSA) is 114 Å². The number of carbonyl (C=O) groups is 3. The number of carboxylic acid groups (broad SMARTS) is 1. The number of allylic oxidation sites excluding steroid dienone is 1. The molecule has 0 aliphatic rings. The largest absolute Gasteiger partial charge is 0.493 e. The van der Waals surface area contributed by atoms with Crippen LogP contribution in [-0.4, -0.2) is 37.1 Å². The van der Waals surface area contributed by atoms with E-state index in [9.17, 15) is 19.5 Å². The first kappa shape index (κ1) is 31.9. The fourth-order valence-corrected chi connectivity index (χ4v) is 4.70. The summed E-state index contributed by atoms with van der Waals surface area (Å²) in [5.74, 6) is -1.30. The average molecular weight is 573 g/mol. The van der Waals surface area contributed by atoms with Gasteiger partial charge in [-0.25, -0.2) is 0 Å². The molecule has 2 unspecified atom stereocenters. The molecule has 0 aliphatic carbocycles. The molecule has 2 atom stereocenters. The lowest BCUT2D eigenvalue weighted by Gasteiger charge is -2.24. The molecule has 42 heavy (non-hydrogen) atoms. The second-order valence-electron chi connectivity index (χ2n) is 10.6. The summed E-state index contributed by atoms with van der Waals surface area (Å²) in [5, 5.41) is 15.3. The first-order valence-corrected chi connectivity index (χ1v) is 14.0. The quantitative estimate of drug-likeness (QED) is 0.197. The lowest BCUT2D eigenvalue weighted by molar-refractivity contribution is -0.138. The zero-order valence-electron chi connectivity index (χ0n) is 24.6. The minimum atomic E-state index is -1.06. The number of carboxylic acids is 1. The lowest BCUT2D eigenvalue weighted by Crippen LogP contribution is -2.37. The van der Waals surface area contributed by atoms with Crippen molar-refractivity contribution in [3.8, 4) is 11.5 Å². The molecular formula is C34H40N2O6. The van der Waals surface area contributed by atoms with Crippen LogP contribution in [0, 0.1) is 11.8 Å². The zero-order chi connectivity index (χ0) is 30.5. The molecule has 0 heterocycles. The average Bonchev–Trinajstić information content (AvgIpc) is 2.97. The van der Waals surface area contributed by atoms with Gasteiger partial charge in [-0.05, 0) is 59.7 Å². The Labute approximate surface area is 247 Å². The first-order valence-electron chi connectivity index (χ1n) is 14.0. The van der Waals surface area contributed by atoms with Gasteiger partial charge in [0.25, 0.3) is 0 Å². The molecule has 8 nitrogen and oxygen atoms in total. The van der Waals surface area contributed by atoms with Crippen molar-refractivity contribution in [2.24, 2.45) is 11.8 Å². The molecule has 3 aromatic carbocycles. The third-order valence-electron chi connectivity index (χ3n) is 6.76. The summed E-state index contributed by atoms with van der Waals surface area (Å²) < 4.78 is 10.6. The molecule has 222 valence electrons. The predicted molar refractivity (Wildman–Crippen MR) is 164 cm³/mol. The third kappa shape index (κ3) is 10.1. The van der Waals surface area contributed by atoms with Crippen molar-refractivity contribution < 1.29 is 29.0 Å². The van der Waals surface area contributed by atoms with Crippen LogP contribution in [0.1, 0.15) is 55.8 Å². The molecule has 3 aromatic rings. The van der Waals surface area contributed by atoms with Gasteiger partial charge in [0.05, 0.1) is 26.7 Å². The smallest absolute Gasteiger partial charge is 0.305 e. The van der Waals surface area contributed by atoms with E-state index in [0.29, 0.717) is 29.2 Å². The van der Waals surface area contributed by atoms with E-state index in [1.54, 1.807) is 18.2 Å². The van der Waals surface area contributed by atoms with Gasteiger partial charge in [-0.1, -0.05) is 74.5 Å². The molecule has 0 radical (unpaired) electrons. The van der Waals surface area contributed by atoms with E-state index in [2.05, 4.69) is 28.8 Å². The van der Waals surface area contributed by atoms with E-state index in [0.717, 1.165) is 12.0 Å². The van der Waals surface area contributed by atoms with E-state index < -0.39 is 17.9 Å². The lowest BCUT2D eigenvalue weighted by atomic mass is 9.92. The Balaban J connectivity index is 1.65. The minimum Gasteiger partial charge on any atom is -0.493 e. The van der Waals surface area contributed by atoms with Crippen molar-refractivity contribution in [1.82, 2.24) is 5.32 Å². The maximum Gasteiger partial charge on any atom is 0.305 e. The van der Waals surface area contributed by atoms with E-state index in [1.807, 2.05) is 62.4 Å². The molecule has 0 saturated heterocycles. The number of amides is 2. The molecule has 0 saturated carbocycles. The van der Waals surface area contributed by atoms with E-state index in [-0.39, 0.29) is 30.6 Å². The number of anilines is 1. The number of nitrogens with one attached hydrogen (secondary N) is 2. The van der Waals surface area contributed by atoms with E-state index in [1.165, 1.54) is 19.8 Å². The maximum atomic E-state index is 13.4. The van der Waals surface area contributed by atoms with Crippen molar-refractivity contribution in [2.75, 3.05) is 19.5 Å². The van der Waals surface area contributed by atoms with Crippen molar-refractivity contribution in [3.05, 3.63) is 95.6 Å². The highest BCUT2D eigenvalue weighted by Crippen LogP contribution is 2.31. The highest BCUT2D eigenvalue weighted by atomic mass is 16.5. The Hall–Kier alpha value is -4.59. The summed E-state index contributed by atoms with van der Waals surface area (Å²) in [4.78, 5) is 38.0. The molecule has 0 bridgehead atoms. The van der Waals surface area contributed by atoms with Gasteiger partial charge in [-0.3, -0.25) is 14.4 Å². The minimum absolute atomic E-state index is 0.0333. The van der Waals surface area contributed by atoms with Gasteiger partial charge in [0.1, 0.15) is 0 Å². The van der Waals surface area contributed by atoms with E-state index in [4.69, 9.17) is 9.47 Å². The molecule has 8 heteroatoms. The summed E-state index contributed by atoms with van der Waals surface area (Å²) in [7, 11) is 2.99. The Bertz CT molecular complexity index is 1350. The molecule has 3 N–H and O–H groups in total. The molecule has 3 rings (SSSR count). The molecule has 2 amide bonds. The summed E-state index contributed by atoms with van der Waals surface area (Å²) in [6.07, 6.45) is 5.07. The van der Waals surface area contributed by atoms with Gasteiger partial charge in [0.2, 0.25) is 11.8 Å². The number of hydrogen-bond acceptors (Lipinski definition) is 5. The van der Waals surface area contributed by atoms with Gasteiger partial charge >= 0.3 is 5.97 Å². The number of ether oxygens (including phenoxy) is 2. The molecule has 0 aromatic heterocycles. The second-order valence-corrected chi connectivity index (χ2v) is 10.6. The molecule has 0 spiro atoms. The maximum absolute atomic E-state index is 13.4. The fourth-order valence-electron chi connectivity index (χ4n) is 4.70. The van der Waals surface area contributed by atoms with Gasteiger partial charge < -0.3 is 25.2 Å². The van der Waals surface area contributed by atoms with Crippen molar-refractivity contribution >= 4 is 29.5 Å². The molecule has 0 fully saturated rings. The fraction of sp³-hybridized carbons (Fsp3) is 0.324. The number of benzene rings is 3. The highest BCUT2D eigenvalue weighted by Gasteiger charge is 2.27. The van der Waals surface area contributed by atoms with Gasteiger partial charge in [-0.15, -0.1) is 0 Å².